The number of anilines is 1. The summed E-state index contributed by atoms with van der Waals surface area (Å²) in [5.74, 6) is -0.345. The molecule has 0 atom stereocenters. The summed E-state index contributed by atoms with van der Waals surface area (Å²) in [6, 6.07) is 4.71. The number of nitrogens with two attached hydrogens (primary N) is 1. The van der Waals surface area contributed by atoms with Gasteiger partial charge in [-0.15, -0.1) is 0 Å². The van der Waals surface area contributed by atoms with Gasteiger partial charge in [0.15, 0.2) is 0 Å². The van der Waals surface area contributed by atoms with Gasteiger partial charge in [-0.05, 0) is 40.8 Å². The largest absolute Gasteiger partial charge is 0.396 e. The molecule has 1 rings (SSSR count). The predicted molar refractivity (Wildman–Crippen MR) is 43.5 cm³/mol. The van der Waals surface area contributed by atoms with Gasteiger partial charge in [-0.1, -0.05) is 0 Å². The molecule has 1 aromatic rings. The minimum Gasteiger partial charge on any atom is -0.396 e. The first-order valence-electron chi connectivity index (χ1n) is 2.40. The van der Waals surface area contributed by atoms with Crippen LogP contribution in [0.25, 0.3) is 0 Å². The van der Waals surface area contributed by atoms with Gasteiger partial charge < -0.3 is 5.73 Å². The van der Waals surface area contributed by atoms with Crippen LogP contribution in [0.5, 0.6) is 0 Å². The maximum atomic E-state index is 12.4. The molecule has 3 heteroatoms. The van der Waals surface area contributed by atoms with Crippen LogP contribution in [0.3, 0.4) is 0 Å². The third-order valence-corrected chi connectivity index (χ3v) is 1.63. The first-order valence-corrected chi connectivity index (χ1v) is 3.48. The minimum absolute atomic E-state index is 0.204. The van der Waals surface area contributed by atoms with Gasteiger partial charge in [0.1, 0.15) is 5.82 Å². The molecular weight excluding hydrogens is 238 g/mol. The fourth-order valence-electron chi connectivity index (χ4n) is 0.502. The van der Waals surface area contributed by atoms with Crippen LogP contribution in [0, 0.1) is 9.39 Å². The van der Waals surface area contributed by atoms with Crippen molar-refractivity contribution >= 4 is 28.3 Å². The summed E-state index contributed by atoms with van der Waals surface area (Å²) in [4.78, 5) is 0. The third kappa shape index (κ3) is 1.54. The van der Waals surface area contributed by atoms with Gasteiger partial charge in [0, 0.05) is 3.57 Å². The zero-order valence-electron chi connectivity index (χ0n) is 4.57. The van der Waals surface area contributed by atoms with E-state index in [2.05, 4.69) is 0 Å². The smallest absolute Gasteiger partial charge is 0.147 e. The summed E-state index contributed by atoms with van der Waals surface area (Å²) in [7, 11) is 0. The molecular formula is C6H5FIN. The number of rotatable bonds is 0. The molecule has 1 nitrogen and oxygen atoms in total. The highest BCUT2D eigenvalue weighted by Gasteiger charge is 1.95. The molecule has 0 aliphatic carbocycles. The van der Waals surface area contributed by atoms with Gasteiger partial charge in [-0.25, -0.2) is 4.39 Å². The van der Waals surface area contributed by atoms with Gasteiger partial charge in [-0.3, -0.25) is 0 Å². The van der Waals surface area contributed by atoms with Crippen LogP contribution in [-0.2, 0) is 0 Å². The van der Waals surface area contributed by atoms with E-state index in [0.29, 0.717) is 0 Å². The Hall–Kier alpha value is -0.320. The van der Waals surface area contributed by atoms with Crippen molar-refractivity contribution in [3.05, 3.63) is 27.6 Å². The Morgan fingerprint density at radius 3 is 2.56 bits per heavy atom. The van der Waals surface area contributed by atoms with E-state index in [9.17, 15) is 4.39 Å². The van der Waals surface area contributed by atoms with Crippen molar-refractivity contribution in [1.82, 2.24) is 0 Å². The van der Waals surface area contributed by atoms with E-state index in [4.69, 9.17) is 5.73 Å². The molecule has 0 aliphatic heterocycles. The number of nitrogen functional groups attached to an aromatic ring is 1. The molecule has 0 unspecified atom stereocenters. The van der Waals surface area contributed by atoms with Crippen molar-refractivity contribution in [2.45, 2.75) is 0 Å². The van der Waals surface area contributed by atoms with Gasteiger partial charge in [0.05, 0.1) is 5.69 Å². The van der Waals surface area contributed by atoms with Crippen LogP contribution in [0.2, 0.25) is 0 Å². The van der Waals surface area contributed by atoms with Crippen LogP contribution in [0.1, 0.15) is 0 Å². The van der Waals surface area contributed by atoms with E-state index in [1.165, 1.54) is 6.07 Å². The first-order chi connectivity index (χ1) is 4.20. The Morgan fingerprint density at radius 2 is 2.11 bits per heavy atom. The van der Waals surface area contributed by atoms with Gasteiger partial charge in [-0.2, -0.15) is 0 Å². The lowest BCUT2D eigenvalue weighted by Gasteiger charge is -1.93. The summed E-state index contributed by atoms with van der Waals surface area (Å²) in [5.41, 5.74) is 5.41. The molecule has 0 fully saturated rings. The Bertz CT molecular complexity index is 224. The summed E-state index contributed by atoms with van der Waals surface area (Å²) in [6.45, 7) is 0. The maximum Gasteiger partial charge on any atom is 0.147 e. The zero-order chi connectivity index (χ0) is 6.85. The molecule has 0 amide bonds. The minimum atomic E-state index is -0.345. The van der Waals surface area contributed by atoms with Gasteiger partial charge in [0.2, 0.25) is 0 Å². The second-order valence-electron chi connectivity index (χ2n) is 1.67. The average molecular weight is 243 g/mol. The molecule has 48 valence electrons. The highest BCUT2D eigenvalue weighted by Crippen LogP contribution is 2.12. The maximum absolute atomic E-state index is 12.4. The second kappa shape index (κ2) is 2.51. The molecule has 0 bridgehead atoms. The van der Waals surface area contributed by atoms with E-state index in [-0.39, 0.29) is 11.5 Å². The highest BCUT2D eigenvalue weighted by atomic mass is 127. The SMILES string of the molecule is N[13c]1[13cH][13cH][13c](I)[13cH][13c]1F. The quantitative estimate of drug-likeness (QED) is 0.547. The highest BCUT2D eigenvalue weighted by molar-refractivity contribution is 14.1. The van der Waals surface area contributed by atoms with Crippen molar-refractivity contribution in [3.8, 4) is 0 Å². The Kier molecular flexibility index (Phi) is 1.90. The number of hydrogen-bond acceptors (Lipinski definition) is 1. The molecule has 2 N–H and O–H groups in total. The first kappa shape index (κ1) is 6.80. The van der Waals surface area contributed by atoms with E-state index < -0.39 is 0 Å². The zero-order valence-corrected chi connectivity index (χ0v) is 6.72. The van der Waals surface area contributed by atoms with Crippen molar-refractivity contribution in [1.29, 1.82) is 0 Å². The monoisotopic (exact) mass is 243 g/mol. The standard InChI is InChI=1S/C6H5FIN/c7-5-3-4(8)1-2-6(5)9/h1-3H,9H2/i1+1,2+1,3+1,4+1,5+1,6+1. The van der Waals surface area contributed by atoms with Gasteiger partial charge >= 0.3 is 0 Å². The van der Waals surface area contributed by atoms with E-state index >= 15 is 0 Å². The molecule has 0 spiro atoms. The molecule has 9 heavy (non-hydrogen) atoms. The number of hydrogen-bond donors (Lipinski definition) is 1. The number of benzene rings is 1. The Morgan fingerprint density at radius 1 is 1.44 bits per heavy atom. The Balaban J connectivity index is 3.17. The fourth-order valence-corrected chi connectivity index (χ4v) is 0.955. The topological polar surface area (TPSA) is 26.0 Å². The van der Waals surface area contributed by atoms with Crippen LogP contribution >= 0.6 is 22.6 Å². The summed E-state index contributed by atoms with van der Waals surface area (Å²) in [6.07, 6.45) is 0. The molecule has 0 radical (unpaired) electrons. The van der Waals surface area contributed by atoms with Crippen LogP contribution in [0.15, 0.2) is 18.2 Å². The molecule has 0 saturated heterocycles. The molecule has 0 saturated carbocycles. The van der Waals surface area contributed by atoms with Crippen molar-refractivity contribution in [2.24, 2.45) is 0 Å². The fraction of sp³-hybridized carbons (Fsp3) is 0. The van der Waals surface area contributed by atoms with Crippen LogP contribution in [-0.4, -0.2) is 0 Å². The molecule has 0 aliphatic rings. The van der Waals surface area contributed by atoms with Gasteiger partial charge in [0.25, 0.3) is 0 Å². The van der Waals surface area contributed by atoms with Crippen molar-refractivity contribution in [2.75, 3.05) is 5.73 Å². The second-order valence-corrected chi connectivity index (χ2v) is 2.91. The predicted octanol–water partition coefficient (Wildman–Crippen LogP) is 2.01. The van der Waals surface area contributed by atoms with E-state index in [1.807, 2.05) is 22.6 Å². The molecule has 0 aromatic heterocycles. The Labute approximate surface area is 66.2 Å². The third-order valence-electron chi connectivity index (χ3n) is 0.962. The van der Waals surface area contributed by atoms with Crippen molar-refractivity contribution < 1.29 is 4.39 Å². The summed E-state index contributed by atoms with van der Waals surface area (Å²) < 4.78 is 13.3. The van der Waals surface area contributed by atoms with E-state index in [0.717, 1.165) is 3.57 Å². The average Bonchev–Trinajstić information content (AvgIpc) is 1.80. The van der Waals surface area contributed by atoms with Crippen LogP contribution in [0.4, 0.5) is 10.1 Å². The summed E-state index contributed by atoms with van der Waals surface area (Å²) >= 11 is 2.03. The number of halogens is 2. The lowest BCUT2D eigenvalue weighted by Crippen LogP contribution is -1.89. The summed E-state index contributed by atoms with van der Waals surface area (Å²) in [5, 5.41) is 0. The molecule has 0 heterocycles. The molecule has 1 aromatic carbocycles. The van der Waals surface area contributed by atoms with Crippen LogP contribution < -0.4 is 5.73 Å². The van der Waals surface area contributed by atoms with E-state index in [1.54, 1.807) is 12.1 Å². The lowest BCUT2D eigenvalue weighted by molar-refractivity contribution is 0.631. The lowest BCUT2D eigenvalue weighted by atomic mass is 11.3. The van der Waals surface area contributed by atoms with Crippen molar-refractivity contribution in [3.63, 3.8) is 0 Å². The normalized spacial score (nSPS) is 9.56.